The van der Waals surface area contributed by atoms with Gasteiger partial charge in [-0.3, -0.25) is 14.4 Å². The molecule has 0 heterocycles. The summed E-state index contributed by atoms with van der Waals surface area (Å²) in [7, 11) is 0. The monoisotopic (exact) mass is 473 g/mol. The van der Waals surface area contributed by atoms with E-state index >= 15 is 0 Å². The maximum atomic E-state index is 13.5. The molecule has 0 radical (unpaired) electrons. The van der Waals surface area contributed by atoms with E-state index in [-0.39, 0.29) is 41.7 Å². The molecule has 0 spiro atoms. The maximum Gasteiger partial charge on any atom is 0.230 e. The molecule has 5 atom stereocenters. The van der Waals surface area contributed by atoms with Crippen LogP contribution < -0.4 is 5.73 Å². The number of primary amides is 1. The molecule has 0 aliphatic heterocycles. The second-order valence-corrected chi connectivity index (χ2v) is 9.35. The van der Waals surface area contributed by atoms with Gasteiger partial charge >= 0.3 is 0 Å². The molecule has 35 heavy (non-hydrogen) atoms. The van der Waals surface area contributed by atoms with Crippen LogP contribution in [-0.2, 0) is 16.0 Å². The van der Waals surface area contributed by atoms with Crippen LogP contribution in [0.3, 0.4) is 0 Å². The number of carbonyl (C=O) groups excluding carboxylic acids is 3. The molecule has 8 heteroatoms. The van der Waals surface area contributed by atoms with Gasteiger partial charge in [-0.25, -0.2) is 0 Å². The molecule has 2 aromatic carbocycles. The molecule has 0 bridgehead atoms. The third-order valence-corrected chi connectivity index (χ3v) is 7.38. The Morgan fingerprint density at radius 2 is 1.74 bits per heavy atom. The Balaban J connectivity index is 1.59. The fourth-order valence-electron chi connectivity index (χ4n) is 5.66. The van der Waals surface area contributed by atoms with E-state index in [0.717, 1.165) is 5.56 Å². The lowest BCUT2D eigenvalue weighted by Gasteiger charge is -2.48. The van der Waals surface area contributed by atoms with Gasteiger partial charge in [0.25, 0.3) is 0 Å². The molecule has 1 amide bonds. The lowest BCUT2D eigenvalue weighted by atomic mass is 9.58. The lowest BCUT2D eigenvalue weighted by Crippen LogP contribution is -2.63. The van der Waals surface area contributed by atoms with Gasteiger partial charge in [-0.15, -0.1) is 0 Å². The van der Waals surface area contributed by atoms with Crippen molar-refractivity contribution >= 4 is 17.5 Å². The number of rotatable bonds is 1. The quantitative estimate of drug-likeness (QED) is 0.307. The van der Waals surface area contributed by atoms with E-state index in [1.54, 1.807) is 24.3 Å². The van der Waals surface area contributed by atoms with Gasteiger partial charge in [0.1, 0.15) is 17.4 Å². The van der Waals surface area contributed by atoms with Crippen LogP contribution in [0, 0.1) is 29.6 Å². The fraction of sp³-hybridized carbons (Fsp3) is 0.296. The number of amides is 1. The summed E-state index contributed by atoms with van der Waals surface area (Å²) in [5.74, 6) is -1.49. The Bertz CT molecular complexity index is 1370. The molecule has 3 aliphatic rings. The van der Waals surface area contributed by atoms with Crippen LogP contribution >= 0.6 is 0 Å². The molecule has 1 saturated carbocycles. The molecule has 2 aromatic rings. The van der Waals surface area contributed by atoms with Crippen LogP contribution in [0.1, 0.15) is 39.9 Å². The molecule has 5 rings (SSSR count). The number of Topliss-reactive ketones (excluding diaryl/α,β-unsaturated/α-hetero) is 2. The number of carbonyl (C=O) groups is 3. The standard InChI is InChI=1S/C27H23NO7/c28-26(34)21-18(29)12-17-11-16-10-15-9-8-14(7-6-13-4-2-1-3-5-13)22(30)19(15)23(31)20(16)24(32)27(17,35)25(21)33/h1-5,8-9,16-18,21,29-30,32,35H,10-12H2,(H2,28,34)/t16-,17-,18?,21?,27-/m0/s1. The van der Waals surface area contributed by atoms with Crippen LogP contribution in [0.25, 0.3) is 0 Å². The molecular weight excluding hydrogens is 450 g/mol. The Labute approximate surface area is 200 Å². The van der Waals surface area contributed by atoms with Crippen LogP contribution in [0.2, 0.25) is 0 Å². The fourth-order valence-corrected chi connectivity index (χ4v) is 5.66. The molecule has 8 nitrogen and oxygen atoms in total. The number of fused-ring (bicyclic) bond motifs is 3. The molecule has 1 fully saturated rings. The van der Waals surface area contributed by atoms with E-state index in [1.807, 2.05) is 18.2 Å². The van der Waals surface area contributed by atoms with Crippen molar-refractivity contribution < 1.29 is 34.8 Å². The minimum atomic E-state index is -2.52. The zero-order valence-corrected chi connectivity index (χ0v) is 18.6. The van der Waals surface area contributed by atoms with Crippen LogP contribution in [0.15, 0.2) is 53.8 Å². The molecule has 2 unspecified atom stereocenters. The van der Waals surface area contributed by atoms with E-state index in [4.69, 9.17) is 5.73 Å². The maximum absolute atomic E-state index is 13.5. The first-order valence-electron chi connectivity index (χ1n) is 11.3. The molecule has 178 valence electrons. The summed E-state index contributed by atoms with van der Waals surface area (Å²) >= 11 is 0. The third kappa shape index (κ3) is 3.35. The molecule has 3 aliphatic carbocycles. The Morgan fingerprint density at radius 1 is 1.03 bits per heavy atom. The second-order valence-electron chi connectivity index (χ2n) is 9.35. The average Bonchev–Trinajstić information content (AvgIpc) is 2.81. The molecular formula is C27H23NO7. The van der Waals surface area contributed by atoms with Crippen molar-refractivity contribution in [2.24, 2.45) is 23.5 Å². The summed E-state index contributed by atoms with van der Waals surface area (Å²) in [6.07, 6.45) is -1.12. The van der Waals surface area contributed by atoms with Gasteiger partial charge in [0, 0.05) is 17.1 Å². The van der Waals surface area contributed by atoms with Crippen molar-refractivity contribution in [3.8, 4) is 17.6 Å². The van der Waals surface area contributed by atoms with E-state index in [1.165, 1.54) is 0 Å². The number of nitrogens with two attached hydrogens (primary N) is 1. The minimum Gasteiger partial charge on any atom is -0.508 e. The molecule has 0 aromatic heterocycles. The summed E-state index contributed by atoms with van der Waals surface area (Å²) in [5.41, 5.74) is 4.03. The van der Waals surface area contributed by atoms with Crippen molar-refractivity contribution in [1.29, 1.82) is 0 Å². The average molecular weight is 473 g/mol. The Morgan fingerprint density at radius 3 is 2.43 bits per heavy atom. The van der Waals surface area contributed by atoms with Crippen LogP contribution in [0.5, 0.6) is 5.75 Å². The highest BCUT2D eigenvalue weighted by molar-refractivity contribution is 6.15. The number of aromatic hydroxyl groups is 1. The van der Waals surface area contributed by atoms with Gasteiger partial charge in [-0.2, -0.15) is 0 Å². The smallest absolute Gasteiger partial charge is 0.230 e. The first kappa shape index (κ1) is 22.8. The predicted octanol–water partition coefficient (Wildman–Crippen LogP) is 1.15. The van der Waals surface area contributed by atoms with Gasteiger partial charge in [0.15, 0.2) is 17.2 Å². The van der Waals surface area contributed by atoms with Crippen molar-refractivity contribution in [3.63, 3.8) is 0 Å². The number of allylic oxidation sites excluding steroid dienone is 1. The number of hydrogen-bond donors (Lipinski definition) is 5. The van der Waals surface area contributed by atoms with Crippen LogP contribution in [0.4, 0.5) is 0 Å². The SMILES string of the molecule is NC(=O)C1C(=O)[C@@]2(O)C(O)=C3C(=O)c4c(ccc(C#Cc5ccccc5)c4O)C[C@H]3C[C@H]2CC1O. The van der Waals surface area contributed by atoms with Crippen LogP contribution in [-0.4, -0.2) is 49.6 Å². The summed E-state index contributed by atoms with van der Waals surface area (Å²) < 4.78 is 0. The van der Waals surface area contributed by atoms with E-state index < -0.39 is 52.7 Å². The van der Waals surface area contributed by atoms with Gasteiger partial charge in [-0.1, -0.05) is 36.1 Å². The number of aliphatic hydroxyl groups excluding tert-OH is 2. The van der Waals surface area contributed by atoms with E-state index in [2.05, 4.69) is 11.8 Å². The largest absolute Gasteiger partial charge is 0.508 e. The number of phenolic OH excluding ortho intramolecular Hbond substituents is 1. The number of phenols is 1. The Hall–Kier alpha value is -3.93. The minimum absolute atomic E-state index is 0.0422. The Kier molecular flexibility index (Phi) is 5.28. The van der Waals surface area contributed by atoms with Crippen molar-refractivity contribution in [2.75, 3.05) is 0 Å². The summed E-state index contributed by atoms with van der Waals surface area (Å²) in [6, 6.07) is 12.4. The van der Waals surface area contributed by atoms with Gasteiger partial charge in [-0.05, 0) is 48.9 Å². The van der Waals surface area contributed by atoms with Gasteiger partial charge in [0.05, 0.1) is 17.2 Å². The van der Waals surface area contributed by atoms with Crippen molar-refractivity contribution in [2.45, 2.75) is 31.0 Å². The summed E-state index contributed by atoms with van der Waals surface area (Å²) in [6.45, 7) is 0. The zero-order chi connectivity index (χ0) is 25.1. The van der Waals surface area contributed by atoms with Crippen molar-refractivity contribution in [3.05, 3.63) is 76.1 Å². The highest BCUT2D eigenvalue weighted by Gasteiger charge is 2.62. The second kappa shape index (κ2) is 8.08. The normalized spacial score (nSPS) is 29.4. The lowest BCUT2D eigenvalue weighted by molar-refractivity contribution is -0.167. The van der Waals surface area contributed by atoms with Gasteiger partial charge < -0.3 is 26.2 Å². The number of ketones is 2. The number of benzene rings is 2. The highest BCUT2D eigenvalue weighted by Crippen LogP contribution is 2.51. The predicted molar refractivity (Wildman–Crippen MR) is 123 cm³/mol. The van der Waals surface area contributed by atoms with E-state index in [0.29, 0.717) is 5.56 Å². The summed E-state index contributed by atoms with van der Waals surface area (Å²) in [4.78, 5) is 38.3. The van der Waals surface area contributed by atoms with E-state index in [9.17, 15) is 34.8 Å². The highest BCUT2D eigenvalue weighted by atomic mass is 16.3. The third-order valence-electron chi connectivity index (χ3n) is 7.38. The first-order chi connectivity index (χ1) is 16.6. The van der Waals surface area contributed by atoms with Gasteiger partial charge in [0.2, 0.25) is 5.91 Å². The molecule has 0 saturated heterocycles. The molecule has 6 N–H and O–H groups in total. The zero-order valence-electron chi connectivity index (χ0n) is 18.6. The number of hydrogen-bond acceptors (Lipinski definition) is 7. The topological polar surface area (TPSA) is 158 Å². The first-order valence-corrected chi connectivity index (χ1v) is 11.3. The number of aliphatic hydroxyl groups is 3. The van der Waals surface area contributed by atoms with Crippen molar-refractivity contribution in [1.82, 2.24) is 0 Å². The summed E-state index contributed by atoms with van der Waals surface area (Å²) in [5, 5.41) is 43.6.